The van der Waals surface area contributed by atoms with Crippen LogP contribution >= 0.6 is 11.8 Å². The first-order valence-electron chi connectivity index (χ1n) is 13.0. The highest BCUT2D eigenvalue weighted by Crippen LogP contribution is 2.45. The summed E-state index contributed by atoms with van der Waals surface area (Å²) in [4.78, 5) is 41.3. The van der Waals surface area contributed by atoms with Gasteiger partial charge >= 0.3 is 5.97 Å². The third-order valence-corrected chi connectivity index (χ3v) is 8.18. The van der Waals surface area contributed by atoms with Crippen molar-refractivity contribution in [2.24, 2.45) is 11.3 Å². The highest BCUT2D eigenvalue weighted by molar-refractivity contribution is 8.01. The van der Waals surface area contributed by atoms with Crippen molar-refractivity contribution in [3.63, 3.8) is 0 Å². The molecule has 2 N–H and O–H groups in total. The van der Waals surface area contributed by atoms with Crippen LogP contribution in [0.2, 0.25) is 0 Å². The Balaban J connectivity index is 2.27. The fraction of sp³-hybridized carbons (Fsp3) is 0.621. The van der Waals surface area contributed by atoms with Gasteiger partial charge in [-0.3, -0.25) is 14.9 Å². The zero-order chi connectivity index (χ0) is 28.1. The van der Waals surface area contributed by atoms with Crippen molar-refractivity contribution in [3.8, 4) is 0 Å². The number of carbonyl (C=O) groups is 3. The van der Waals surface area contributed by atoms with E-state index in [1.54, 1.807) is 43.6 Å². The lowest BCUT2D eigenvalue weighted by Gasteiger charge is -2.38. The zero-order valence-electron chi connectivity index (χ0n) is 24.0. The summed E-state index contributed by atoms with van der Waals surface area (Å²) in [5, 5.41) is 6.54. The summed E-state index contributed by atoms with van der Waals surface area (Å²) in [6.07, 6.45) is 1.78. The highest BCUT2D eigenvalue weighted by atomic mass is 32.2. The second kappa shape index (κ2) is 12.5. The second-order valence-electron chi connectivity index (χ2n) is 11.7. The molecule has 0 aromatic heterocycles. The molecule has 2 unspecified atom stereocenters. The van der Waals surface area contributed by atoms with Crippen LogP contribution in [0.15, 0.2) is 42.0 Å². The molecule has 1 fully saturated rings. The number of ether oxygens (including phenoxy) is 1. The van der Waals surface area contributed by atoms with E-state index in [0.717, 1.165) is 5.56 Å². The van der Waals surface area contributed by atoms with Crippen LogP contribution in [0.5, 0.6) is 0 Å². The van der Waals surface area contributed by atoms with Crippen LogP contribution in [0.3, 0.4) is 0 Å². The molecule has 4 atom stereocenters. The molecule has 0 spiro atoms. The number of thioether (sulfide) groups is 1. The minimum Gasteiger partial charge on any atom is -0.463 e. The van der Waals surface area contributed by atoms with Gasteiger partial charge in [0, 0.05) is 17.4 Å². The first kappa shape index (κ1) is 30.9. The van der Waals surface area contributed by atoms with Gasteiger partial charge < -0.3 is 15.0 Å². The summed E-state index contributed by atoms with van der Waals surface area (Å²) < 4.78 is 4.75. The molecule has 37 heavy (non-hydrogen) atoms. The van der Waals surface area contributed by atoms with Crippen LogP contribution < -0.4 is 10.6 Å². The maximum Gasteiger partial charge on any atom is 0.333 e. The molecular formula is C29H45N3O4S. The Kier molecular flexibility index (Phi) is 10.4. The minimum absolute atomic E-state index is 0.0141. The molecule has 1 heterocycles. The summed E-state index contributed by atoms with van der Waals surface area (Å²) in [6, 6.07) is 8.50. The lowest BCUT2D eigenvalue weighted by molar-refractivity contribution is -0.141. The van der Waals surface area contributed by atoms with Crippen molar-refractivity contribution in [1.29, 1.82) is 0 Å². The van der Waals surface area contributed by atoms with E-state index in [-0.39, 0.29) is 40.5 Å². The average molecular weight is 532 g/mol. The Morgan fingerprint density at radius 2 is 1.78 bits per heavy atom. The monoisotopic (exact) mass is 531 g/mol. The van der Waals surface area contributed by atoms with Gasteiger partial charge in [0.15, 0.2) is 0 Å². The Morgan fingerprint density at radius 3 is 2.30 bits per heavy atom. The summed E-state index contributed by atoms with van der Waals surface area (Å²) in [7, 11) is 1.73. The largest absolute Gasteiger partial charge is 0.463 e. The van der Waals surface area contributed by atoms with Crippen LogP contribution in [0.4, 0.5) is 0 Å². The van der Waals surface area contributed by atoms with Crippen molar-refractivity contribution in [1.82, 2.24) is 15.5 Å². The van der Waals surface area contributed by atoms with Crippen molar-refractivity contribution in [2.45, 2.75) is 90.6 Å². The molecule has 0 saturated carbocycles. The molecule has 1 aromatic carbocycles. The van der Waals surface area contributed by atoms with Crippen LogP contribution in [-0.2, 0) is 19.1 Å². The van der Waals surface area contributed by atoms with Gasteiger partial charge in [0.05, 0.1) is 18.0 Å². The van der Waals surface area contributed by atoms with E-state index < -0.39 is 23.5 Å². The molecule has 206 valence electrons. The Bertz CT molecular complexity index is 985. The fourth-order valence-corrected chi connectivity index (χ4v) is 5.90. The van der Waals surface area contributed by atoms with E-state index in [9.17, 15) is 14.4 Å². The van der Waals surface area contributed by atoms with E-state index in [0.29, 0.717) is 5.57 Å². The van der Waals surface area contributed by atoms with E-state index in [1.165, 1.54) is 0 Å². The van der Waals surface area contributed by atoms with E-state index in [1.807, 2.05) is 52.8 Å². The summed E-state index contributed by atoms with van der Waals surface area (Å²) in [5.41, 5.74) is 1.04. The second-order valence-corrected chi connectivity index (χ2v) is 13.4. The first-order valence-corrected chi connectivity index (χ1v) is 13.9. The average Bonchev–Trinajstić information content (AvgIpc) is 3.14. The summed E-state index contributed by atoms with van der Waals surface area (Å²) in [6.45, 7) is 17.7. The first-order chi connectivity index (χ1) is 17.1. The maximum atomic E-state index is 13.9. The number of benzene rings is 1. The molecule has 0 radical (unpaired) electrons. The number of carbonyl (C=O) groups excluding carboxylic acids is 3. The van der Waals surface area contributed by atoms with E-state index in [2.05, 4.69) is 36.6 Å². The lowest BCUT2D eigenvalue weighted by atomic mass is 9.84. The smallest absolute Gasteiger partial charge is 0.333 e. The standard InChI is InChI=1S/C29H45N3O4S/c1-11-36-27(35)19(4)17-21(18(2)3)32(10)26(34)23(28(5,6)7)30-24(33)22-29(8,9)37-25(31-22)20-15-13-12-14-16-20/h12-18,21-23,25,31H,11H2,1-10H3,(H,30,33)/b19-17+/t21-,22?,23-,25?/m1/s1. The van der Waals surface area contributed by atoms with Gasteiger partial charge in [-0.15, -0.1) is 11.8 Å². The number of hydrogen-bond acceptors (Lipinski definition) is 6. The van der Waals surface area contributed by atoms with Gasteiger partial charge in [-0.05, 0) is 44.6 Å². The molecule has 8 heteroatoms. The zero-order valence-corrected chi connectivity index (χ0v) is 24.9. The topological polar surface area (TPSA) is 87.7 Å². The van der Waals surface area contributed by atoms with Gasteiger partial charge in [-0.2, -0.15) is 0 Å². The Labute approximate surface area is 227 Å². The van der Waals surface area contributed by atoms with Crippen LogP contribution in [0.25, 0.3) is 0 Å². The van der Waals surface area contributed by atoms with Crippen LogP contribution in [0.1, 0.15) is 73.3 Å². The van der Waals surface area contributed by atoms with Crippen LogP contribution in [-0.4, -0.2) is 59.2 Å². The van der Waals surface area contributed by atoms with Crippen molar-refractivity contribution in [2.75, 3.05) is 13.7 Å². The van der Waals surface area contributed by atoms with E-state index >= 15 is 0 Å². The summed E-state index contributed by atoms with van der Waals surface area (Å²) in [5.74, 6) is -0.740. The molecule has 0 aliphatic carbocycles. The number of nitrogens with zero attached hydrogens (tertiary/aromatic N) is 1. The molecule has 1 saturated heterocycles. The number of nitrogens with one attached hydrogen (secondary N) is 2. The maximum absolute atomic E-state index is 13.9. The molecule has 1 aromatic rings. The lowest BCUT2D eigenvalue weighted by Crippen LogP contribution is -2.60. The van der Waals surface area contributed by atoms with Gasteiger partial charge in [0.25, 0.3) is 0 Å². The number of hydrogen-bond donors (Lipinski definition) is 2. The molecule has 0 bridgehead atoms. The van der Waals surface area contributed by atoms with Crippen molar-refractivity contribution in [3.05, 3.63) is 47.5 Å². The molecular weight excluding hydrogens is 486 g/mol. The third kappa shape index (κ3) is 7.84. The van der Waals surface area contributed by atoms with E-state index in [4.69, 9.17) is 4.74 Å². The summed E-state index contributed by atoms with van der Waals surface area (Å²) >= 11 is 1.71. The molecule has 2 rings (SSSR count). The van der Waals surface area contributed by atoms with Crippen LogP contribution in [0, 0.1) is 11.3 Å². The van der Waals surface area contributed by atoms with Gasteiger partial charge in [-0.25, -0.2) is 4.79 Å². The van der Waals surface area contributed by atoms with Gasteiger partial charge in [0.2, 0.25) is 11.8 Å². The SMILES string of the molecule is CCOC(=O)/C(C)=C/[C@H](C(C)C)N(C)C(=O)[C@@H](NC(=O)C1NC(c2ccccc2)SC1(C)C)C(C)(C)C. The fourth-order valence-electron chi connectivity index (χ4n) is 4.49. The molecule has 7 nitrogen and oxygen atoms in total. The predicted molar refractivity (Wildman–Crippen MR) is 151 cm³/mol. The Hall–Kier alpha value is -2.32. The predicted octanol–water partition coefficient (Wildman–Crippen LogP) is 4.69. The van der Waals surface area contributed by atoms with Crippen molar-refractivity contribution >= 4 is 29.5 Å². The molecule has 2 amide bonds. The van der Waals surface area contributed by atoms with Gasteiger partial charge in [0.1, 0.15) is 12.1 Å². The van der Waals surface area contributed by atoms with Crippen molar-refractivity contribution < 1.29 is 19.1 Å². The number of rotatable bonds is 9. The Morgan fingerprint density at radius 1 is 1.19 bits per heavy atom. The molecule has 1 aliphatic heterocycles. The van der Waals surface area contributed by atoms with Gasteiger partial charge in [-0.1, -0.05) is 71.0 Å². The number of amides is 2. The minimum atomic E-state index is -0.749. The number of likely N-dealkylation sites (N-methyl/N-ethyl adjacent to an activating group) is 1. The number of esters is 1. The quantitative estimate of drug-likeness (QED) is 0.355. The molecule has 1 aliphatic rings. The third-order valence-electron chi connectivity index (χ3n) is 6.69. The highest BCUT2D eigenvalue weighted by Gasteiger charge is 2.47. The normalized spacial score (nSPS) is 21.3.